The van der Waals surface area contributed by atoms with Crippen LogP contribution in [0.4, 0.5) is 0 Å². The molecule has 2 bridgehead atoms. The van der Waals surface area contributed by atoms with Crippen LogP contribution >= 0.6 is 15.9 Å². The van der Waals surface area contributed by atoms with Crippen LogP contribution in [0.15, 0.2) is 22.7 Å². The van der Waals surface area contributed by atoms with Crippen LogP contribution in [0.1, 0.15) is 6.42 Å². The van der Waals surface area contributed by atoms with E-state index in [1.807, 2.05) is 12.2 Å². The molecule has 0 radical (unpaired) electrons. The van der Waals surface area contributed by atoms with Gasteiger partial charge in [-0.15, -0.1) is 0 Å². The SMILES string of the molecule is O=C1C[C@H]2C=C[C@@H]1C=C(Br)C2=O. The second-order valence-electron chi connectivity index (χ2n) is 3.07. The van der Waals surface area contributed by atoms with Crippen molar-refractivity contribution < 1.29 is 9.59 Å². The quantitative estimate of drug-likeness (QED) is 0.589. The fourth-order valence-electron chi connectivity index (χ4n) is 1.53. The number of Topliss-reactive ketones (excluding diaryl/α,β-unsaturated/α-hetero) is 2. The van der Waals surface area contributed by atoms with Crippen LogP contribution in [0.3, 0.4) is 0 Å². The predicted molar refractivity (Wildman–Crippen MR) is 47.8 cm³/mol. The summed E-state index contributed by atoms with van der Waals surface area (Å²) in [5, 5.41) is 0. The van der Waals surface area contributed by atoms with Gasteiger partial charge in [-0.25, -0.2) is 0 Å². The van der Waals surface area contributed by atoms with E-state index in [2.05, 4.69) is 15.9 Å². The first kappa shape index (κ1) is 7.92. The van der Waals surface area contributed by atoms with E-state index in [0.717, 1.165) is 0 Å². The maximum absolute atomic E-state index is 11.4. The largest absolute Gasteiger partial charge is 0.299 e. The Bertz CT molecular complexity index is 314. The van der Waals surface area contributed by atoms with E-state index in [1.165, 1.54) is 0 Å². The Kier molecular flexibility index (Phi) is 1.76. The Morgan fingerprint density at radius 2 is 2.08 bits per heavy atom. The lowest BCUT2D eigenvalue weighted by molar-refractivity contribution is -0.125. The van der Waals surface area contributed by atoms with Crippen molar-refractivity contribution in [2.24, 2.45) is 11.8 Å². The first-order chi connectivity index (χ1) is 5.68. The molecule has 0 N–H and O–H groups in total. The highest BCUT2D eigenvalue weighted by Gasteiger charge is 2.32. The number of carbonyl (C=O) groups excluding carboxylic acids is 2. The minimum Gasteiger partial charge on any atom is -0.299 e. The highest BCUT2D eigenvalue weighted by Crippen LogP contribution is 2.30. The van der Waals surface area contributed by atoms with Gasteiger partial charge in [0.25, 0.3) is 0 Å². The average Bonchev–Trinajstić information content (AvgIpc) is 2.22. The van der Waals surface area contributed by atoms with Crippen molar-refractivity contribution in [1.29, 1.82) is 0 Å². The van der Waals surface area contributed by atoms with Crippen molar-refractivity contribution in [3.8, 4) is 0 Å². The molecular formula is C9H7BrO2. The number of hydrogen-bond donors (Lipinski definition) is 0. The molecule has 0 saturated carbocycles. The summed E-state index contributed by atoms with van der Waals surface area (Å²) in [5.41, 5.74) is 0. The van der Waals surface area contributed by atoms with Gasteiger partial charge in [0.2, 0.25) is 0 Å². The fourth-order valence-corrected chi connectivity index (χ4v) is 2.11. The molecule has 3 heteroatoms. The maximum Gasteiger partial charge on any atom is 0.176 e. The first-order valence-electron chi connectivity index (χ1n) is 3.81. The molecule has 0 unspecified atom stereocenters. The molecule has 0 heterocycles. The van der Waals surface area contributed by atoms with Crippen molar-refractivity contribution in [2.75, 3.05) is 0 Å². The molecule has 0 fully saturated rings. The normalized spacial score (nSPS) is 33.6. The van der Waals surface area contributed by atoms with Gasteiger partial charge in [0.1, 0.15) is 5.78 Å². The van der Waals surface area contributed by atoms with Crippen LogP contribution in [-0.2, 0) is 9.59 Å². The molecule has 2 atom stereocenters. The van der Waals surface area contributed by atoms with Gasteiger partial charge in [-0.1, -0.05) is 18.2 Å². The molecule has 2 nitrogen and oxygen atoms in total. The van der Waals surface area contributed by atoms with Crippen molar-refractivity contribution in [2.45, 2.75) is 6.42 Å². The standard InChI is InChI=1S/C9H7BrO2/c10-7-3-5-1-2-6(9(7)12)4-8(5)11/h1-3,5-6H,4H2/t5-,6-/m1/s1. The summed E-state index contributed by atoms with van der Waals surface area (Å²) in [6, 6.07) is 0. The van der Waals surface area contributed by atoms with Crippen LogP contribution in [0.2, 0.25) is 0 Å². The van der Waals surface area contributed by atoms with Crippen molar-refractivity contribution in [3.05, 3.63) is 22.7 Å². The van der Waals surface area contributed by atoms with Crippen LogP contribution in [0.25, 0.3) is 0 Å². The second kappa shape index (κ2) is 2.66. The van der Waals surface area contributed by atoms with E-state index < -0.39 is 0 Å². The smallest absolute Gasteiger partial charge is 0.176 e. The minimum atomic E-state index is -0.220. The fraction of sp³-hybridized carbons (Fsp3) is 0.333. The molecule has 3 aliphatic rings. The summed E-state index contributed by atoms with van der Waals surface area (Å²) in [6.45, 7) is 0. The third kappa shape index (κ3) is 1.08. The zero-order chi connectivity index (χ0) is 8.72. The van der Waals surface area contributed by atoms with Crippen molar-refractivity contribution in [1.82, 2.24) is 0 Å². The van der Waals surface area contributed by atoms with Crippen molar-refractivity contribution in [3.63, 3.8) is 0 Å². The summed E-state index contributed by atoms with van der Waals surface area (Å²) < 4.78 is 0.549. The molecule has 0 saturated heterocycles. The molecule has 0 aliphatic heterocycles. The van der Waals surface area contributed by atoms with E-state index >= 15 is 0 Å². The third-order valence-electron chi connectivity index (χ3n) is 2.24. The number of fused-ring (bicyclic) bond motifs is 2. The molecule has 3 aliphatic carbocycles. The molecule has 0 spiro atoms. The summed E-state index contributed by atoms with van der Waals surface area (Å²) in [4.78, 5) is 22.7. The average molecular weight is 227 g/mol. The summed E-state index contributed by atoms with van der Waals surface area (Å²) in [5.74, 6) is -0.228. The Morgan fingerprint density at radius 3 is 2.75 bits per heavy atom. The highest BCUT2D eigenvalue weighted by atomic mass is 79.9. The highest BCUT2D eigenvalue weighted by molar-refractivity contribution is 9.12. The van der Waals surface area contributed by atoms with Gasteiger partial charge in [-0.3, -0.25) is 9.59 Å². The zero-order valence-electron chi connectivity index (χ0n) is 6.29. The van der Waals surface area contributed by atoms with Crippen LogP contribution in [-0.4, -0.2) is 11.6 Å². The molecule has 0 aromatic carbocycles. The Hall–Kier alpha value is -0.700. The second-order valence-corrected chi connectivity index (χ2v) is 3.92. The van der Waals surface area contributed by atoms with Gasteiger partial charge in [-0.2, -0.15) is 0 Å². The van der Waals surface area contributed by atoms with Gasteiger partial charge >= 0.3 is 0 Å². The molecule has 0 aromatic rings. The third-order valence-corrected chi connectivity index (χ3v) is 2.90. The lowest BCUT2D eigenvalue weighted by Crippen LogP contribution is -2.20. The van der Waals surface area contributed by atoms with Gasteiger partial charge < -0.3 is 0 Å². The summed E-state index contributed by atoms with van der Waals surface area (Å²) >= 11 is 3.17. The number of carbonyl (C=O) groups is 2. The van der Waals surface area contributed by atoms with E-state index in [-0.39, 0.29) is 23.4 Å². The molecule has 62 valence electrons. The van der Waals surface area contributed by atoms with Crippen molar-refractivity contribution >= 4 is 27.5 Å². The van der Waals surface area contributed by atoms with E-state index in [4.69, 9.17) is 0 Å². The number of ketones is 2. The lowest BCUT2D eigenvalue weighted by Gasteiger charge is -2.13. The lowest BCUT2D eigenvalue weighted by atomic mass is 9.89. The van der Waals surface area contributed by atoms with E-state index in [0.29, 0.717) is 10.9 Å². The van der Waals surface area contributed by atoms with Gasteiger partial charge in [0.15, 0.2) is 5.78 Å². The van der Waals surface area contributed by atoms with Gasteiger partial charge in [-0.05, 0) is 15.9 Å². The van der Waals surface area contributed by atoms with Crippen LogP contribution in [0.5, 0.6) is 0 Å². The van der Waals surface area contributed by atoms with Crippen LogP contribution < -0.4 is 0 Å². The van der Waals surface area contributed by atoms with E-state index in [9.17, 15) is 9.59 Å². The topological polar surface area (TPSA) is 34.1 Å². The minimum absolute atomic E-state index is 0.0274. The Balaban J connectivity index is 2.49. The molecular weight excluding hydrogens is 220 g/mol. The maximum atomic E-state index is 11.4. The number of halogens is 1. The van der Waals surface area contributed by atoms with Gasteiger partial charge in [0, 0.05) is 12.3 Å². The van der Waals surface area contributed by atoms with Gasteiger partial charge in [0.05, 0.1) is 10.4 Å². The number of hydrogen-bond acceptors (Lipinski definition) is 2. The predicted octanol–water partition coefficient (Wildman–Crippen LogP) is 1.61. The molecule has 0 amide bonds. The Labute approximate surface area is 78.5 Å². The number of rotatable bonds is 0. The Morgan fingerprint density at radius 1 is 1.33 bits per heavy atom. The number of allylic oxidation sites excluding steroid dienone is 4. The summed E-state index contributed by atoms with van der Waals surface area (Å²) in [6.07, 6.45) is 5.70. The molecule has 12 heavy (non-hydrogen) atoms. The zero-order valence-corrected chi connectivity index (χ0v) is 7.87. The monoisotopic (exact) mass is 226 g/mol. The molecule has 3 rings (SSSR count). The summed E-state index contributed by atoms with van der Waals surface area (Å²) in [7, 11) is 0. The first-order valence-corrected chi connectivity index (χ1v) is 4.60. The van der Waals surface area contributed by atoms with Crippen LogP contribution in [0, 0.1) is 11.8 Å². The van der Waals surface area contributed by atoms with E-state index in [1.54, 1.807) is 6.08 Å². The molecule has 0 aromatic heterocycles.